The van der Waals surface area contributed by atoms with Gasteiger partial charge in [0.15, 0.2) is 0 Å². The molecule has 1 aromatic heterocycles. The second-order valence-electron chi connectivity index (χ2n) is 2.99. The Labute approximate surface area is 89.4 Å². The lowest BCUT2D eigenvalue weighted by Crippen LogP contribution is -2.03. The number of oxazole rings is 1. The first-order valence-corrected chi connectivity index (χ1v) is 4.67. The highest BCUT2D eigenvalue weighted by atomic mass is 19.5. The van der Waals surface area contributed by atoms with Gasteiger partial charge in [-0.15, -0.1) is 0 Å². The molecule has 0 aliphatic rings. The van der Waals surface area contributed by atoms with Gasteiger partial charge in [0, 0.05) is 6.07 Å². The summed E-state index contributed by atoms with van der Waals surface area (Å²) in [7, 11) is -6.00. The van der Waals surface area contributed by atoms with Crippen LogP contribution in [-0.4, -0.2) is 7.25 Å². The zero-order chi connectivity index (χ0) is 12.2. The van der Waals surface area contributed by atoms with Crippen molar-refractivity contribution >= 4 is 18.4 Å². The maximum Gasteiger partial charge on any atom is 0.673 e. The van der Waals surface area contributed by atoms with Crippen LogP contribution < -0.4 is 4.98 Å². The molecule has 2 aromatic rings. The van der Waals surface area contributed by atoms with Crippen LogP contribution >= 0.6 is 0 Å². The molecule has 0 fully saturated rings. The first-order chi connectivity index (χ1) is 7.40. The Kier molecular flexibility index (Phi) is 3.92. The first kappa shape index (κ1) is 12.5. The topological polar surface area (TPSA) is 27.3 Å². The minimum Gasteiger partial charge on any atom is -0.418 e. The van der Waals surface area contributed by atoms with Gasteiger partial charge in [0.25, 0.3) is 0 Å². The SMILES string of the molecule is CCc1[nH+]c2ccccc2o1.F[B-](F)(F)F. The molecule has 1 N–H and O–H groups in total. The van der Waals surface area contributed by atoms with Crippen LogP contribution in [-0.2, 0) is 6.42 Å². The number of hydrogen-bond donors (Lipinski definition) is 0. The third-order valence-electron chi connectivity index (χ3n) is 1.72. The zero-order valence-corrected chi connectivity index (χ0v) is 8.51. The highest BCUT2D eigenvalue weighted by molar-refractivity contribution is 6.50. The van der Waals surface area contributed by atoms with E-state index in [1.54, 1.807) is 0 Å². The summed E-state index contributed by atoms with van der Waals surface area (Å²) in [5.41, 5.74) is 2.01. The second kappa shape index (κ2) is 5.00. The number of hydrogen-bond acceptors (Lipinski definition) is 1. The summed E-state index contributed by atoms with van der Waals surface area (Å²) in [5.74, 6) is 0.936. The second-order valence-corrected chi connectivity index (χ2v) is 2.99. The van der Waals surface area contributed by atoms with E-state index in [1.165, 1.54) is 0 Å². The van der Waals surface area contributed by atoms with Gasteiger partial charge in [-0.1, -0.05) is 19.1 Å². The molecule has 0 unspecified atom stereocenters. The van der Waals surface area contributed by atoms with Crippen molar-refractivity contribution in [3.8, 4) is 0 Å². The number of aryl methyl sites for hydroxylation is 1. The summed E-state index contributed by atoms with van der Waals surface area (Å²) in [6, 6.07) is 7.94. The number of aromatic amines is 1. The maximum absolute atomic E-state index is 9.75. The Bertz CT molecular complexity index is 415. The van der Waals surface area contributed by atoms with Crippen LogP contribution in [0.25, 0.3) is 11.1 Å². The molecule has 16 heavy (non-hydrogen) atoms. The van der Waals surface area contributed by atoms with E-state index >= 15 is 0 Å². The van der Waals surface area contributed by atoms with Gasteiger partial charge >= 0.3 is 13.1 Å². The van der Waals surface area contributed by atoms with Crippen molar-refractivity contribution in [2.45, 2.75) is 13.3 Å². The molecular weight excluding hydrogens is 225 g/mol. The molecule has 0 saturated heterocycles. The monoisotopic (exact) mass is 235 g/mol. The quantitative estimate of drug-likeness (QED) is 0.551. The summed E-state index contributed by atoms with van der Waals surface area (Å²) >= 11 is 0. The molecule has 0 radical (unpaired) electrons. The van der Waals surface area contributed by atoms with Crippen molar-refractivity contribution in [1.82, 2.24) is 0 Å². The lowest BCUT2D eigenvalue weighted by Gasteiger charge is -1.94. The Hall–Kier alpha value is -1.53. The normalized spacial score (nSPS) is 11.1. The van der Waals surface area contributed by atoms with Gasteiger partial charge in [-0.3, -0.25) is 0 Å². The number of H-pyrrole nitrogens is 1. The minimum atomic E-state index is -6.00. The molecular formula is C9H10BF4NO. The molecule has 0 aliphatic heterocycles. The van der Waals surface area contributed by atoms with Crippen molar-refractivity contribution in [3.05, 3.63) is 30.2 Å². The molecule has 0 bridgehead atoms. The zero-order valence-electron chi connectivity index (χ0n) is 8.51. The average molecular weight is 235 g/mol. The number of aromatic nitrogens is 1. The Morgan fingerprint density at radius 3 is 2.25 bits per heavy atom. The number of nitrogens with one attached hydrogen (secondary N) is 1. The Balaban J connectivity index is 0.000000221. The van der Waals surface area contributed by atoms with Crippen molar-refractivity contribution in [1.29, 1.82) is 0 Å². The number of rotatable bonds is 1. The van der Waals surface area contributed by atoms with Crippen molar-refractivity contribution in [2.24, 2.45) is 0 Å². The molecule has 2 rings (SSSR count). The minimum absolute atomic E-state index is 0.911. The van der Waals surface area contributed by atoms with Gasteiger partial charge in [0.1, 0.15) is 0 Å². The van der Waals surface area contributed by atoms with E-state index in [4.69, 9.17) is 4.42 Å². The molecule has 7 heteroatoms. The molecule has 2 nitrogen and oxygen atoms in total. The van der Waals surface area contributed by atoms with E-state index in [2.05, 4.69) is 11.9 Å². The van der Waals surface area contributed by atoms with Crippen LogP contribution in [0.4, 0.5) is 17.3 Å². The molecule has 0 saturated carbocycles. The molecule has 88 valence electrons. The molecule has 0 spiro atoms. The van der Waals surface area contributed by atoms with Gasteiger partial charge in [-0.25, -0.2) is 0 Å². The number of para-hydroxylation sites is 2. The standard InChI is InChI=1S/C9H9NO.BF4/c1-2-9-10-7-5-3-4-6-8(7)11-9;2-1(3,4)5/h3-6H,2H2,1H3;/q;-1/p+1. The lowest BCUT2D eigenvalue weighted by molar-refractivity contribution is -0.368. The Morgan fingerprint density at radius 2 is 1.75 bits per heavy atom. The van der Waals surface area contributed by atoms with Crippen molar-refractivity contribution in [3.63, 3.8) is 0 Å². The first-order valence-electron chi connectivity index (χ1n) is 4.67. The Morgan fingerprint density at radius 1 is 1.19 bits per heavy atom. The smallest absolute Gasteiger partial charge is 0.418 e. The van der Waals surface area contributed by atoms with E-state index in [0.29, 0.717) is 0 Å². The fourth-order valence-corrected chi connectivity index (χ4v) is 1.13. The predicted molar refractivity (Wildman–Crippen MR) is 52.3 cm³/mol. The van der Waals surface area contributed by atoms with Gasteiger partial charge < -0.3 is 21.7 Å². The molecule has 1 aromatic carbocycles. The highest BCUT2D eigenvalue weighted by Gasteiger charge is 2.20. The van der Waals surface area contributed by atoms with Gasteiger partial charge in [-0.05, 0) is 6.07 Å². The lowest BCUT2D eigenvalue weighted by atomic mass is 10.3. The van der Waals surface area contributed by atoms with Crippen LogP contribution in [0.3, 0.4) is 0 Å². The molecule has 0 amide bonds. The largest absolute Gasteiger partial charge is 0.673 e. The number of halogens is 4. The van der Waals surface area contributed by atoms with Crippen molar-refractivity contribution in [2.75, 3.05) is 0 Å². The molecule has 0 atom stereocenters. The van der Waals surface area contributed by atoms with Crippen LogP contribution in [0.15, 0.2) is 28.7 Å². The van der Waals surface area contributed by atoms with Crippen LogP contribution in [0.5, 0.6) is 0 Å². The fraction of sp³-hybridized carbons (Fsp3) is 0.222. The van der Waals surface area contributed by atoms with Gasteiger partial charge in [0.2, 0.25) is 11.1 Å². The predicted octanol–water partition coefficient (Wildman–Crippen LogP) is 3.11. The summed E-state index contributed by atoms with van der Waals surface area (Å²) < 4.78 is 44.5. The summed E-state index contributed by atoms with van der Waals surface area (Å²) in [6.45, 7) is 2.06. The van der Waals surface area contributed by atoms with Crippen LogP contribution in [0.2, 0.25) is 0 Å². The van der Waals surface area contributed by atoms with E-state index < -0.39 is 7.25 Å². The molecule has 1 heterocycles. The van der Waals surface area contributed by atoms with Crippen molar-refractivity contribution < 1.29 is 26.7 Å². The number of benzene rings is 1. The third kappa shape index (κ3) is 4.33. The summed E-state index contributed by atoms with van der Waals surface area (Å²) in [5, 5.41) is 0. The maximum atomic E-state index is 9.75. The van der Waals surface area contributed by atoms with E-state index in [0.717, 1.165) is 23.4 Å². The van der Waals surface area contributed by atoms with Gasteiger partial charge in [0.05, 0.1) is 6.42 Å². The van der Waals surface area contributed by atoms with E-state index in [9.17, 15) is 17.3 Å². The fourth-order valence-electron chi connectivity index (χ4n) is 1.13. The average Bonchev–Trinajstić information content (AvgIpc) is 2.57. The summed E-state index contributed by atoms with van der Waals surface area (Å²) in [4.78, 5) is 3.18. The van der Waals surface area contributed by atoms with Crippen LogP contribution in [0, 0.1) is 0 Å². The summed E-state index contributed by atoms with van der Waals surface area (Å²) in [6.07, 6.45) is 0.911. The van der Waals surface area contributed by atoms with Gasteiger partial charge in [-0.2, -0.15) is 4.98 Å². The van der Waals surface area contributed by atoms with Crippen LogP contribution in [0.1, 0.15) is 12.8 Å². The van der Waals surface area contributed by atoms with E-state index in [-0.39, 0.29) is 0 Å². The van der Waals surface area contributed by atoms with E-state index in [1.807, 2.05) is 24.3 Å². The number of fused-ring (bicyclic) bond motifs is 1. The molecule has 0 aliphatic carbocycles. The third-order valence-corrected chi connectivity index (χ3v) is 1.72. The highest BCUT2D eigenvalue weighted by Crippen LogP contribution is 2.10.